The molecule has 0 aliphatic carbocycles. The van der Waals surface area contributed by atoms with Gasteiger partial charge >= 0.3 is 0 Å². The second kappa shape index (κ2) is 7.37. The lowest BCUT2D eigenvalue weighted by Crippen LogP contribution is -2.37. The van der Waals surface area contributed by atoms with E-state index in [1.165, 1.54) is 4.31 Å². The summed E-state index contributed by atoms with van der Waals surface area (Å²) in [7, 11) is 0.610. The molecule has 1 saturated heterocycles. The van der Waals surface area contributed by atoms with E-state index in [0.717, 1.165) is 12.1 Å². The number of nitrogens with zero attached hydrogens (tertiary/aromatic N) is 2. The molecule has 0 unspecified atom stereocenters. The van der Waals surface area contributed by atoms with Crippen molar-refractivity contribution in [1.82, 2.24) is 0 Å². The monoisotopic (exact) mass is 373 g/mol. The maximum absolute atomic E-state index is 12.5. The zero-order chi connectivity index (χ0) is 18.7. The van der Waals surface area contributed by atoms with Gasteiger partial charge in [-0.15, -0.1) is 0 Å². The largest absolute Gasteiger partial charge is 0.378 e. The summed E-state index contributed by atoms with van der Waals surface area (Å²) in [5.74, 6) is -0.111. The first kappa shape index (κ1) is 18.3. The molecule has 1 fully saturated rings. The van der Waals surface area contributed by atoms with Gasteiger partial charge in [-0.2, -0.15) is 0 Å². The third kappa shape index (κ3) is 3.99. The molecule has 138 valence electrons. The average Bonchev–Trinajstić information content (AvgIpc) is 2.62. The van der Waals surface area contributed by atoms with Crippen LogP contribution in [0.25, 0.3) is 0 Å². The molecule has 0 saturated carbocycles. The third-order valence-corrected chi connectivity index (χ3v) is 6.26. The molecular formula is C19H23N3O3S. The second-order valence-electron chi connectivity index (χ2n) is 6.54. The van der Waals surface area contributed by atoms with E-state index in [9.17, 15) is 13.2 Å². The van der Waals surface area contributed by atoms with Gasteiger partial charge in [0.2, 0.25) is 10.0 Å². The maximum Gasteiger partial charge on any atom is 0.255 e. The fourth-order valence-corrected chi connectivity index (χ4v) is 4.56. The molecule has 1 aliphatic rings. The van der Waals surface area contributed by atoms with E-state index in [-0.39, 0.29) is 11.7 Å². The fraction of sp³-hybridized carbons (Fsp3) is 0.316. The minimum absolute atomic E-state index is 0.154. The van der Waals surface area contributed by atoms with Crippen molar-refractivity contribution in [3.63, 3.8) is 0 Å². The predicted molar refractivity (Wildman–Crippen MR) is 106 cm³/mol. The minimum Gasteiger partial charge on any atom is -0.378 e. The lowest BCUT2D eigenvalue weighted by molar-refractivity contribution is 0.102. The van der Waals surface area contributed by atoms with Crippen LogP contribution < -0.4 is 14.5 Å². The van der Waals surface area contributed by atoms with Crippen molar-refractivity contribution in [3.05, 3.63) is 54.1 Å². The van der Waals surface area contributed by atoms with Crippen molar-refractivity contribution in [2.75, 3.05) is 40.9 Å². The molecule has 1 amide bonds. The van der Waals surface area contributed by atoms with E-state index in [4.69, 9.17) is 0 Å². The molecule has 0 spiro atoms. The Labute approximate surface area is 154 Å². The summed E-state index contributed by atoms with van der Waals surface area (Å²) in [6.07, 6.45) is 1.51. The van der Waals surface area contributed by atoms with Gasteiger partial charge in [-0.1, -0.05) is 6.07 Å². The second-order valence-corrected chi connectivity index (χ2v) is 8.55. The first-order valence-corrected chi connectivity index (χ1v) is 10.2. The molecule has 1 heterocycles. The Hall–Kier alpha value is -2.54. The van der Waals surface area contributed by atoms with E-state index in [1.807, 2.05) is 43.3 Å². The van der Waals surface area contributed by atoms with Crippen LogP contribution in [0.3, 0.4) is 0 Å². The molecule has 0 bridgehead atoms. The highest BCUT2D eigenvalue weighted by Crippen LogP contribution is 2.25. The van der Waals surface area contributed by atoms with Crippen LogP contribution in [-0.2, 0) is 10.0 Å². The van der Waals surface area contributed by atoms with Crippen LogP contribution in [0.1, 0.15) is 23.2 Å². The molecule has 1 N–H and O–H groups in total. The van der Waals surface area contributed by atoms with Crippen LogP contribution in [0.4, 0.5) is 17.1 Å². The molecule has 0 atom stereocenters. The minimum atomic E-state index is -3.29. The summed E-state index contributed by atoms with van der Waals surface area (Å²) >= 11 is 0. The molecule has 2 aromatic carbocycles. The van der Waals surface area contributed by atoms with Crippen molar-refractivity contribution in [3.8, 4) is 0 Å². The number of carbonyl (C=O) groups is 1. The Morgan fingerprint density at radius 1 is 1.08 bits per heavy atom. The Bertz CT molecular complexity index is 893. The number of hydrogen-bond donors (Lipinski definition) is 1. The van der Waals surface area contributed by atoms with Gasteiger partial charge in [-0.25, -0.2) is 8.42 Å². The summed E-state index contributed by atoms with van der Waals surface area (Å²) in [5, 5.41) is 2.85. The Kier molecular flexibility index (Phi) is 5.18. The van der Waals surface area contributed by atoms with Crippen molar-refractivity contribution in [1.29, 1.82) is 0 Å². The number of hydrogen-bond acceptors (Lipinski definition) is 4. The molecule has 7 heteroatoms. The maximum atomic E-state index is 12.5. The Morgan fingerprint density at radius 2 is 1.81 bits per heavy atom. The normalized spacial score (nSPS) is 16.2. The van der Waals surface area contributed by atoms with Crippen LogP contribution in [-0.4, -0.2) is 40.7 Å². The van der Waals surface area contributed by atoms with Crippen molar-refractivity contribution >= 4 is 33.0 Å². The summed E-state index contributed by atoms with van der Waals surface area (Å²) < 4.78 is 25.9. The highest BCUT2D eigenvalue weighted by atomic mass is 32.2. The molecule has 0 aromatic heterocycles. The van der Waals surface area contributed by atoms with Gasteiger partial charge in [0, 0.05) is 37.6 Å². The number of amides is 1. The van der Waals surface area contributed by atoms with Crippen LogP contribution in [0.15, 0.2) is 48.5 Å². The predicted octanol–water partition coefficient (Wildman–Crippen LogP) is 2.93. The molecule has 3 rings (SSSR count). The van der Waals surface area contributed by atoms with Crippen LogP contribution in [0.5, 0.6) is 0 Å². The van der Waals surface area contributed by atoms with E-state index in [1.54, 1.807) is 24.3 Å². The van der Waals surface area contributed by atoms with Crippen molar-refractivity contribution < 1.29 is 13.2 Å². The van der Waals surface area contributed by atoms with E-state index in [2.05, 4.69) is 5.32 Å². The number of nitrogens with one attached hydrogen (secondary N) is 1. The lowest BCUT2D eigenvalue weighted by atomic mass is 10.1. The topological polar surface area (TPSA) is 69.7 Å². The van der Waals surface area contributed by atoms with Crippen LogP contribution in [0, 0.1) is 0 Å². The molecule has 26 heavy (non-hydrogen) atoms. The highest BCUT2D eigenvalue weighted by Gasteiger charge is 2.26. The van der Waals surface area contributed by atoms with Gasteiger partial charge in [-0.3, -0.25) is 9.10 Å². The van der Waals surface area contributed by atoms with Gasteiger partial charge in [0.25, 0.3) is 5.91 Å². The van der Waals surface area contributed by atoms with Gasteiger partial charge in [0.05, 0.1) is 11.4 Å². The lowest BCUT2D eigenvalue weighted by Gasteiger charge is -2.28. The number of anilines is 3. The molecular weight excluding hydrogens is 350 g/mol. The first-order valence-electron chi connectivity index (χ1n) is 8.56. The molecule has 2 aromatic rings. The number of rotatable bonds is 4. The number of benzene rings is 2. The SMILES string of the molecule is CN(C)c1ccc(NC(=O)c2cccc(N3CCCCS3(=O)=O)c2)cc1. The summed E-state index contributed by atoms with van der Waals surface area (Å²) in [4.78, 5) is 14.5. The molecule has 1 aliphatic heterocycles. The van der Waals surface area contributed by atoms with E-state index < -0.39 is 10.0 Å². The third-order valence-electron chi connectivity index (χ3n) is 4.39. The Balaban J connectivity index is 1.78. The summed E-state index contributed by atoms with van der Waals surface area (Å²) in [5.41, 5.74) is 2.71. The van der Waals surface area contributed by atoms with Gasteiger partial charge < -0.3 is 10.2 Å². The Morgan fingerprint density at radius 3 is 2.46 bits per heavy atom. The van der Waals surface area contributed by atoms with Crippen molar-refractivity contribution in [2.45, 2.75) is 12.8 Å². The standard InChI is InChI=1S/C19H23N3O3S/c1-21(2)17-10-8-16(9-11-17)20-19(23)15-6-5-7-18(14-15)22-12-3-4-13-26(22,24)25/h5-11,14H,3-4,12-13H2,1-2H3,(H,20,23). The number of sulfonamides is 1. The van der Waals surface area contributed by atoms with Crippen LogP contribution >= 0.6 is 0 Å². The average molecular weight is 373 g/mol. The van der Waals surface area contributed by atoms with E-state index in [0.29, 0.717) is 29.9 Å². The smallest absolute Gasteiger partial charge is 0.255 e. The highest BCUT2D eigenvalue weighted by molar-refractivity contribution is 7.92. The summed E-state index contributed by atoms with van der Waals surface area (Å²) in [6.45, 7) is 0.458. The van der Waals surface area contributed by atoms with Gasteiger partial charge in [0.1, 0.15) is 0 Å². The van der Waals surface area contributed by atoms with Gasteiger partial charge in [0.15, 0.2) is 0 Å². The molecule has 0 radical (unpaired) electrons. The van der Waals surface area contributed by atoms with Gasteiger partial charge in [-0.05, 0) is 55.3 Å². The van der Waals surface area contributed by atoms with E-state index >= 15 is 0 Å². The first-order chi connectivity index (χ1) is 12.4. The summed E-state index contributed by atoms with van der Waals surface area (Å²) in [6, 6.07) is 14.3. The molecule has 6 nitrogen and oxygen atoms in total. The van der Waals surface area contributed by atoms with Crippen LogP contribution in [0.2, 0.25) is 0 Å². The zero-order valence-electron chi connectivity index (χ0n) is 15.0. The zero-order valence-corrected chi connectivity index (χ0v) is 15.8. The fourth-order valence-electron chi connectivity index (χ4n) is 2.93. The van der Waals surface area contributed by atoms with Crippen molar-refractivity contribution in [2.24, 2.45) is 0 Å². The number of carbonyl (C=O) groups excluding carboxylic acids is 1. The quantitative estimate of drug-likeness (QED) is 0.895.